The second kappa shape index (κ2) is 6.98. The van der Waals surface area contributed by atoms with Gasteiger partial charge in [-0.25, -0.2) is 9.97 Å². The molecule has 1 amide bonds. The monoisotopic (exact) mass is 373 g/mol. The quantitative estimate of drug-likeness (QED) is 0.693. The molecule has 0 aliphatic carbocycles. The number of benzene rings is 1. The second-order valence-corrected chi connectivity index (χ2v) is 7.19. The van der Waals surface area contributed by atoms with Gasteiger partial charge in [-0.15, -0.1) is 11.3 Å². The SMILES string of the molecule is O=C(COc1ncnc2scc(-c3ccc(Cl)cc3)c12)N1CCCC1. The Labute approximate surface area is 154 Å². The normalized spacial score (nSPS) is 14.2. The van der Waals surface area contributed by atoms with Crippen molar-refractivity contribution >= 4 is 39.1 Å². The number of halogens is 1. The molecule has 128 valence electrons. The maximum Gasteiger partial charge on any atom is 0.260 e. The van der Waals surface area contributed by atoms with Crippen LogP contribution >= 0.6 is 22.9 Å². The van der Waals surface area contributed by atoms with E-state index in [9.17, 15) is 4.79 Å². The van der Waals surface area contributed by atoms with Crippen LogP contribution in [-0.4, -0.2) is 40.5 Å². The number of carbonyl (C=O) groups is 1. The van der Waals surface area contributed by atoms with Crippen LogP contribution in [0.25, 0.3) is 21.3 Å². The van der Waals surface area contributed by atoms with Crippen molar-refractivity contribution in [2.45, 2.75) is 12.8 Å². The fourth-order valence-corrected chi connectivity index (χ4v) is 4.02. The summed E-state index contributed by atoms with van der Waals surface area (Å²) in [5, 5.41) is 3.55. The van der Waals surface area contributed by atoms with E-state index in [1.807, 2.05) is 34.5 Å². The molecule has 4 rings (SSSR count). The minimum Gasteiger partial charge on any atom is -0.467 e. The van der Waals surface area contributed by atoms with Crippen LogP contribution in [0.2, 0.25) is 5.02 Å². The molecule has 1 saturated heterocycles. The Bertz CT molecular complexity index is 904. The van der Waals surface area contributed by atoms with Crippen LogP contribution in [0.5, 0.6) is 5.88 Å². The second-order valence-electron chi connectivity index (χ2n) is 5.89. The minimum atomic E-state index is 0.00200. The number of fused-ring (bicyclic) bond motifs is 1. The number of hydrogen-bond acceptors (Lipinski definition) is 5. The van der Waals surface area contributed by atoms with Gasteiger partial charge in [0.2, 0.25) is 5.88 Å². The van der Waals surface area contributed by atoms with Gasteiger partial charge in [0.15, 0.2) is 6.61 Å². The Morgan fingerprint density at radius 1 is 1.20 bits per heavy atom. The van der Waals surface area contributed by atoms with Crippen molar-refractivity contribution in [2.75, 3.05) is 19.7 Å². The molecule has 7 heteroatoms. The number of likely N-dealkylation sites (tertiary alicyclic amines) is 1. The molecule has 1 aliphatic heterocycles. The summed E-state index contributed by atoms with van der Waals surface area (Å²) in [6.45, 7) is 1.63. The summed E-state index contributed by atoms with van der Waals surface area (Å²) in [6.07, 6.45) is 3.60. The highest BCUT2D eigenvalue weighted by Gasteiger charge is 2.20. The van der Waals surface area contributed by atoms with Crippen molar-refractivity contribution < 1.29 is 9.53 Å². The van der Waals surface area contributed by atoms with Crippen LogP contribution in [0.4, 0.5) is 0 Å². The van der Waals surface area contributed by atoms with E-state index in [-0.39, 0.29) is 12.5 Å². The Morgan fingerprint density at radius 3 is 2.72 bits per heavy atom. The Morgan fingerprint density at radius 2 is 1.96 bits per heavy atom. The number of hydrogen-bond donors (Lipinski definition) is 0. The van der Waals surface area contributed by atoms with Crippen LogP contribution in [0.3, 0.4) is 0 Å². The van der Waals surface area contributed by atoms with E-state index < -0.39 is 0 Å². The first-order valence-corrected chi connectivity index (χ1v) is 9.37. The number of carbonyl (C=O) groups excluding carboxylic acids is 1. The molecule has 3 aromatic rings. The zero-order valence-corrected chi connectivity index (χ0v) is 15.0. The summed E-state index contributed by atoms with van der Waals surface area (Å²) in [7, 11) is 0. The zero-order valence-electron chi connectivity index (χ0n) is 13.4. The molecular formula is C18H16ClN3O2S. The van der Waals surface area contributed by atoms with Crippen molar-refractivity contribution in [3.63, 3.8) is 0 Å². The molecular weight excluding hydrogens is 358 g/mol. The molecule has 3 heterocycles. The zero-order chi connectivity index (χ0) is 17.2. The summed E-state index contributed by atoms with van der Waals surface area (Å²) < 4.78 is 5.78. The number of thiophene rings is 1. The first kappa shape index (κ1) is 16.3. The molecule has 0 atom stereocenters. The molecule has 1 aliphatic rings. The molecule has 5 nitrogen and oxygen atoms in total. The van der Waals surface area contributed by atoms with Gasteiger partial charge in [0.1, 0.15) is 11.2 Å². The largest absolute Gasteiger partial charge is 0.467 e. The van der Waals surface area contributed by atoms with Crippen LogP contribution in [-0.2, 0) is 4.79 Å². The lowest BCUT2D eigenvalue weighted by Crippen LogP contribution is -2.32. The van der Waals surface area contributed by atoms with Crippen molar-refractivity contribution in [3.05, 3.63) is 41.0 Å². The van der Waals surface area contributed by atoms with E-state index in [1.54, 1.807) is 0 Å². The Hall–Kier alpha value is -2.18. The Balaban J connectivity index is 1.63. The fourth-order valence-electron chi connectivity index (χ4n) is 2.99. The highest BCUT2D eigenvalue weighted by Crippen LogP contribution is 2.37. The third kappa shape index (κ3) is 3.32. The predicted octanol–water partition coefficient (Wildman–Crippen LogP) is 4.01. The number of aromatic nitrogens is 2. The molecule has 2 aromatic heterocycles. The van der Waals surface area contributed by atoms with Gasteiger partial charge in [-0.2, -0.15) is 0 Å². The van der Waals surface area contributed by atoms with Gasteiger partial charge in [0.25, 0.3) is 5.91 Å². The van der Waals surface area contributed by atoms with E-state index in [4.69, 9.17) is 16.3 Å². The topological polar surface area (TPSA) is 55.3 Å². The van der Waals surface area contributed by atoms with Crippen LogP contribution < -0.4 is 4.74 Å². The van der Waals surface area contributed by atoms with Crippen molar-refractivity contribution in [1.82, 2.24) is 14.9 Å². The lowest BCUT2D eigenvalue weighted by molar-refractivity contribution is -0.132. The third-order valence-electron chi connectivity index (χ3n) is 4.28. The van der Waals surface area contributed by atoms with Gasteiger partial charge in [0, 0.05) is 29.1 Å². The lowest BCUT2D eigenvalue weighted by atomic mass is 10.1. The maximum absolute atomic E-state index is 12.2. The highest BCUT2D eigenvalue weighted by atomic mass is 35.5. The van der Waals surface area contributed by atoms with Crippen molar-refractivity contribution in [1.29, 1.82) is 0 Å². The van der Waals surface area contributed by atoms with E-state index in [0.29, 0.717) is 10.9 Å². The van der Waals surface area contributed by atoms with E-state index >= 15 is 0 Å². The van der Waals surface area contributed by atoms with Gasteiger partial charge in [-0.3, -0.25) is 4.79 Å². The third-order valence-corrected chi connectivity index (χ3v) is 5.42. The summed E-state index contributed by atoms with van der Waals surface area (Å²) in [6, 6.07) is 7.61. The van der Waals surface area contributed by atoms with Crippen LogP contribution in [0, 0.1) is 0 Å². The first-order chi connectivity index (χ1) is 12.2. The summed E-state index contributed by atoms with van der Waals surface area (Å²) >= 11 is 7.51. The molecule has 0 spiro atoms. The summed E-state index contributed by atoms with van der Waals surface area (Å²) in [5.41, 5.74) is 2.00. The number of amides is 1. The average Bonchev–Trinajstić information content (AvgIpc) is 3.30. The molecule has 1 aromatic carbocycles. The van der Waals surface area contributed by atoms with Crippen molar-refractivity contribution in [2.24, 2.45) is 0 Å². The minimum absolute atomic E-state index is 0.00200. The van der Waals surface area contributed by atoms with E-state index in [0.717, 1.165) is 47.3 Å². The average molecular weight is 374 g/mol. The first-order valence-electron chi connectivity index (χ1n) is 8.11. The number of nitrogens with zero attached hydrogens (tertiary/aromatic N) is 3. The Kier molecular flexibility index (Phi) is 4.55. The predicted molar refractivity (Wildman–Crippen MR) is 99.2 cm³/mol. The standard InChI is InChI=1S/C18H16ClN3O2S/c19-13-5-3-12(4-6-13)14-10-25-18-16(14)17(20-11-21-18)24-9-15(23)22-7-1-2-8-22/h3-6,10-11H,1-2,7-9H2. The summed E-state index contributed by atoms with van der Waals surface area (Å²) in [5.74, 6) is 0.455. The van der Waals surface area contributed by atoms with Gasteiger partial charge in [0.05, 0.1) is 5.39 Å². The molecule has 0 saturated carbocycles. The molecule has 0 N–H and O–H groups in total. The molecule has 0 bridgehead atoms. The highest BCUT2D eigenvalue weighted by molar-refractivity contribution is 7.17. The van der Waals surface area contributed by atoms with Gasteiger partial charge in [-0.05, 0) is 30.5 Å². The van der Waals surface area contributed by atoms with E-state index in [2.05, 4.69) is 9.97 Å². The van der Waals surface area contributed by atoms with Gasteiger partial charge in [-0.1, -0.05) is 23.7 Å². The molecule has 1 fully saturated rings. The number of ether oxygens (including phenoxy) is 1. The molecule has 0 unspecified atom stereocenters. The molecule has 25 heavy (non-hydrogen) atoms. The maximum atomic E-state index is 12.2. The van der Waals surface area contributed by atoms with Gasteiger partial charge >= 0.3 is 0 Å². The summed E-state index contributed by atoms with van der Waals surface area (Å²) in [4.78, 5) is 23.5. The lowest BCUT2D eigenvalue weighted by Gasteiger charge is -2.15. The van der Waals surface area contributed by atoms with E-state index in [1.165, 1.54) is 17.7 Å². The molecule has 0 radical (unpaired) electrons. The van der Waals surface area contributed by atoms with Crippen LogP contribution in [0.1, 0.15) is 12.8 Å². The fraction of sp³-hybridized carbons (Fsp3) is 0.278. The van der Waals surface area contributed by atoms with Crippen LogP contribution in [0.15, 0.2) is 36.0 Å². The number of rotatable bonds is 4. The van der Waals surface area contributed by atoms with Gasteiger partial charge < -0.3 is 9.64 Å². The van der Waals surface area contributed by atoms with Crippen molar-refractivity contribution in [3.8, 4) is 17.0 Å². The smallest absolute Gasteiger partial charge is 0.260 e.